The summed E-state index contributed by atoms with van der Waals surface area (Å²) >= 11 is 0. The van der Waals surface area contributed by atoms with Crippen molar-refractivity contribution in [3.8, 4) is 0 Å². The van der Waals surface area contributed by atoms with Gasteiger partial charge in [0.1, 0.15) is 0 Å². The number of likely N-dealkylation sites (tertiary alicyclic amines) is 1. The SMILES string of the molecule is O=C(Nc1cccc2c1CCCC2)N1CCC(C(O)c2ccccn2)CC1. The largest absolute Gasteiger partial charge is 0.387 e. The van der Waals surface area contributed by atoms with Crippen LogP contribution in [0.3, 0.4) is 0 Å². The van der Waals surface area contributed by atoms with Gasteiger partial charge >= 0.3 is 6.03 Å². The van der Waals surface area contributed by atoms with Gasteiger partial charge < -0.3 is 15.3 Å². The fraction of sp³-hybridized carbons (Fsp3) is 0.455. The minimum absolute atomic E-state index is 0.0280. The molecule has 0 spiro atoms. The Morgan fingerprint density at radius 2 is 1.93 bits per heavy atom. The van der Waals surface area contributed by atoms with Crippen molar-refractivity contribution in [1.82, 2.24) is 9.88 Å². The molecule has 1 aliphatic carbocycles. The fourth-order valence-corrected chi connectivity index (χ4v) is 4.30. The Morgan fingerprint density at radius 1 is 1.11 bits per heavy atom. The fourth-order valence-electron chi connectivity index (χ4n) is 4.30. The van der Waals surface area contributed by atoms with E-state index in [0.29, 0.717) is 13.1 Å². The van der Waals surface area contributed by atoms with Crippen molar-refractivity contribution in [2.75, 3.05) is 18.4 Å². The Bertz CT molecular complexity index is 785. The molecule has 2 aromatic rings. The first kappa shape index (κ1) is 18.0. The van der Waals surface area contributed by atoms with Crippen LogP contribution in [0, 0.1) is 5.92 Å². The van der Waals surface area contributed by atoms with Gasteiger partial charge in [-0.05, 0) is 73.8 Å². The van der Waals surface area contributed by atoms with E-state index < -0.39 is 6.10 Å². The third kappa shape index (κ3) is 3.98. The van der Waals surface area contributed by atoms with E-state index in [1.807, 2.05) is 35.2 Å². The molecule has 1 unspecified atom stereocenters. The van der Waals surface area contributed by atoms with Crippen molar-refractivity contribution in [1.29, 1.82) is 0 Å². The Kier molecular flexibility index (Phi) is 5.39. The first-order valence-corrected chi connectivity index (χ1v) is 9.98. The minimum Gasteiger partial charge on any atom is -0.387 e. The molecule has 2 aliphatic rings. The summed E-state index contributed by atoms with van der Waals surface area (Å²) in [6, 6.07) is 11.8. The smallest absolute Gasteiger partial charge is 0.321 e. The number of benzene rings is 1. The highest BCUT2D eigenvalue weighted by molar-refractivity contribution is 5.90. The van der Waals surface area contributed by atoms with Crippen LogP contribution in [-0.4, -0.2) is 34.1 Å². The summed E-state index contributed by atoms with van der Waals surface area (Å²) in [6.07, 6.45) is 7.31. The molecule has 5 heteroatoms. The third-order valence-corrected chi connectivity index (χ3v) is 5.90. The van der Waals surface area contributed by atoms with E-state index in [1.165, 1.54) is 24.0 Å². The molecule has 2 amide bonds. The van der Waals surface area contributed by atoms with Gasteiger partial charge in [-0.3, -0.25) is 4.98 Å². The molecule has 27 heavy (non-hydrogen) atoms. The average Bonchev–Trinajstić information content (AvgIpc) is 2.74. The number of aliphatic hydroxyl groups is 1. The zero-order valence-corrected chi connectivity index (χ0v) is 15.6. The maximum absolute atomic E-state index is 12.7. The van der Waals surface area contributed by atoms with Crippen molar-refractivity contribution < 1.29 is 9.90 Å². The average molecular weight is 365 g/mol. The standard InChI is InChI=1S/C22H27N3O2/c26-21(20-9-3-4-13-23-20)17-11-14-25(15-12-17)22(27)24-19-10-5-7-16-6-1-2-8-18(16)19/h3-5,7,9-10,13,17,21,26H,1-2,6,8,11-12,14-15H2,(H,24,27). The van der Waals surface area contributed by atoms with E-state index in [4.69, 9.17) is 0 Å². The van der Waals surface area contributed by atoms with Crippen molar-refractivity contribution >= 4 is 11.7 Å². The predicted molar refractivity (Wildman–Crippen MR) is 106 cm³/mol. The van der Waals surface area contributed by atoms with Crippen LogP contribution in [0.4, 0.5) is 10.5 Å². The lowest BCUT2D eigenvalue weighted by Crippen LogP contribution is -2.42. The molecule has 0 radical (unpaired) electrons. The lowest BCUT2D eigenvalue weighted by molar-refractivity contribution is 0.0652. The zero-order valence-electron chi connectivity index (χ0n) is 15.6. The summed E-state index contributed by atoms with van der Waals surface area (Å²) in [6.45, 7) is 1.32. The second-order valence-corrected chi connectivity index (χ2v) is 7.60. The number of carbonyl (C=O) groups excluding carboxylic acids is 1. The summed E-state index contributed by atoms with van der Waals surface area (Å²) in [4.78, 5) is 18.9. The number of urea groups is 1. The van der Waals surface area contributed by atoms with Gasteiger partial charge in [-0.15, -0.1) is 0 Å². The van der Waals surface area contributed by atoms with Crippen molar-refractivity contribution in [3.63, 3.8) is 0 Å². The number of piperidine rings is 1. The molecule has 142 valence electrons. The zero-order chi connectivity index (χ0) is 18.6. The molecular formula is C22H27N3O2. The molecule has 2 heterocycles. The molecule has 2 N–H and O–H groups in total. The molecule has 1 aliphatic heterocycles. The predicted octanol–water partition coefficient (Wildman–Crippen LogP) is 3.94. The second kappa shape index (κ2) is 8.09. The number of aromatic nitrogens is 1. The van der Waals surface area contributed by atoms with Crippen LogP contribution in [0.15, 0.2) is 42.6 Å². The van der Waals surface area contributed by atoms with Crippen LogP contribution < -0.4 is 5.32 Å². The van der Waals surface area contributed by atoms with Crippen molar-refractivity contribution in [2.24, 2.45) is 5.92 Å². The minimum atomic E-state index is -0.558. The van der Waals surface area contributed by atoms with Gasteiger partial charge in [0.2, 0.25) is 0 Å². The summed E-state index contributed by atoms with van der Waals surface area (Å²) in [7, 11) is 0. The number of rotatable bonds is 3. The second-order valence-electron chi connectivity index (χ2n) is 7.60. The number of amides is 2. The van der Waals surface area contributed by atoms with Gasteiger partial charge in [0, 0.05) is 25.0 Å². The number of carbonyl (C=O) groups is 1. The van der Waals surface area contributed by atoms with Crippen molar-refractivity contribution in [3.05, 3.63) is 59.4 Å². The van der Waals surface area contributed by atoms with E-state index in [9.17, 15) is 9.90 Å². The highest BCUT2D eigenvalue weighted by atomic mass is 16.3. The number of hydrogen-bond acceptors (Lipinski definition) is 3. The van der Waals surface area contributed by atoms with E-state index in [0.717, 1.165) is 37.1 Å². The number of anilines is 1. The number of aliphatic hydroxyl groups excluding tert-OH is 1. The molecule has 5 nitrogen and oxygen atoms in total. The lowest BCUT2D eigenvalue weighted by Gasteiger charge is -2.34. The molecule has 1 aromatic carbocycles. The van der Waals surface area contributed by atoms with Crippen LogP contribution in [0.5, 0.6) is 0 Å². The number of nitrogens with zero attached hydrogens (tertiary/aromatic N) is 2. The maximum Gasteiger partial charge on any atom is 0.321 e. The number of hydrogen-bond donors (Lipinski definition) is 2. The number of pyridine rings is 1. The summed E-state index contributed by atoms with van der Waals surface area (Å²) in [5, 5.41) is 13.7. The summed E-state index contributed by atoms with van der Waals surface area (Å²) in [5.74, 6) is 0.147. The molecule has 1 saturated heterocycles. The highest BCUT2D eigenvalue weighted by Gasteiger charge is 2.29. The molecule has 1 aromatic heterocycles. The van der Waals surface area contributed by atoms with E-state index in [-0.39, 0.29) is 11.9 Å². The third-order valence-electron chi connectivity index (χ3n) is 5.90. The molecular weight excluding hydrogens is 338 g/mol. The Hall–Kier alpha value is -2.40. The summed E-state index contributed by atoms with van der Waals surface area (Å²) < 4.78 is 0. The monoisotopic (exact) mass is 365 g/mol. The Morgan fingerprint density at radius 3 is 2.70 bits per heavy atom. The van der Waals surface area contributed by atoms with Gasteiger partial charge in [0.15, 0.2) is 0 Å². The number of aryl methyl sites for hydroxylation is 1. The first-order valence-electron chi connectivity index (χ1n) is 9.98. The normalized spacial score (nSPS) is 18.6. The van der Waals surface area contributed by atoms with Crippen LogP contribution in [0.2, 0.25) is 0 Å². The van der Waals surface area contributed by atoms with Gasteiger partial charge in [-0.25, -0.2) is 4.79 Å². The molecule has 0 saturated carbocycles. The van der Waals surface area contributed by atoms with Gasteiger partial charge in [0.05, 0.1) is 11.8 Å². The Balaban J connectivity index is 1.35. The molecule has 1 atom stereocenters. The maximum atomic E-state index is 12.7. The van der Waals surface area contributed by atoms with Crippen LogP contribution in [0.25, 0.3) is 0 Å². The van der Waals surface area contributed by atoms with Crippen molar-refractivity contribution in [2.45, 2.75) is 44.6 Å². The Labute approximate surface area is 160 Å². The highest BCUT2D eigenvalue weighted by Crippen LogP contribution is 2.31. The first-order chi connectivity index (χ1) is 13.2. The van der Waals surface area contributed by atoms with Crippen LogP contribution in [-0.2, 0) is 12.8 Å². The van der Waals surface area contributed by atoms with E-state index in [1.54, 1.807) is 6.20 Å². The molecule has 1 fully saturated rings. The van der Waals surface area contributed by atoms with Crippen LogP contribution >= 0.6 is 0 Å². The quantitative estimate of drug-likeness (QED) is 0.866. The lowest BCUT2D eigenvalue weighted by atomic mass is 9.89. The molecule has 4 rings (SSSR count). The molecule has 0 bridgehead atoms. The number of nitrogens with one attached hydrogen (secondary N) is 1. The van der Waals surface area contributed by atoms with Gasteiger partial charge in [-0.1, -0.05) is 18.2 Å². The van der Waals surface area contributed by atoms with E-state index >= 15 is 0 Å². The van der Waals surface area contributed by atoms with E-state index in [2.05, 4.69) is 16.4 Å². The van der Waals surface area contributed by atoms with Crippen LogP contribution in [0.1, 0.15) is 48.6 Å². The topological polar surface area (TPSA) is 65.5 Å². The van der Waals surface area contributed by atoms with Gasteiger partial charge in [-0.2, -0.15) is 0 Å². The van der Waals surface area contributed by atoms with Gasteiger partial charge in [0.25, 0.3) is 0 Å². The summed E-state index contributed by atoms with van der Waals surface area (Å²) in [5.41, 5.74) is 4.36. The number of fused-ring (bicyclic) bond motifs is 1.